The van der Waals surface area contributed by atoms with Gasteiger partial charge in [0.25, 0.3) is 5.91 Å². The van der Waals surface area contributed by atoms with Crippen molar-refractivity contribution in [1.29, 1.82) is 0 Å². The lowest BCUT2D eigenvalue weighted by Gasteiger charge is -2.05. The minimum absolute atomic E-state index is 0.169. The molecule has 0 aliphatic carbocycles. The van der Waals surface area contributed by atoms with Crippen LogP contribution in [0.4, 0.5) is 11.4 Å². The van der Waals surface area contributed by atoms with Crippen LogP contribution in [-0.4, -0.2) is 17.7 Å². The van der Waals surface area contributed by atoms with E-state index < -0.39 is 0 Å². The van der Waals surface area contributed by atoms with Crippen molar-refractivity contribution in [2.45, 2.75) is 6.92 Å². The van der Waals surface area contributed by atoms with Gasteiger partial charge in [0.15, 0.2) is 11.5 Å². The minimum Gasteiger partial charge on any atom is -0.454 e. The zero-order valence-electron chi connectivity index (χ0n) is 12.6. The first-order valence-corrected chi connectivity index (χ1v) is 7.97. The molecule has 0 spiro atoms. The maximum atomic E-state index is 12.6. The maximum Gasteiger partial charge on any atom is 0.267 e. The Bertz CT molecular complexity index is 1040. The number of nitrogen functional groups attached to an aromatic ring is 1. The molecule has 7 nitrogen and oxygen atoms in total. The van der Waals surface area contributed by atoms with Gasteiger partial charge in [0.2, 0.25) is 12.4 Å². The number of benzene rings is 1. The number of aromatic amines is 1. The van der Waals surface area contributed by atoms with E-state index in [2.05, 4.69) is 10.3 Å². The Morgan fingerprint density at radius 3 is 2.92 bits per heavy atom. The summed E-state index contributed by atoms with van der Waals surface area (Å²) in [6.07, 6.45) is 0. The van der Waals surface area contributed by atoms with Crippen molar-refractivity contribution in [3.63, 3.8) is 0 Å². The number of hydrogen-bond donors (Lipinski definition) is 3. The molecule has 4 N–H and O–H groups in total. The second-order valence-electron chi connectivity index (χ2n) is 5.39. The Balaban J connectivity index is 1.70. The fourth-order valence-electron chi connectivity index (χ4n) is 2.67. The van der Waals surface area contributed by atoms with Gasteiger partial charge in [0.1, 0.15) is 9.71 Å². The zero-order chi connectivity index (χ0) is 16.8. The van der Waals surface area contributed by atoms with E-state index in [9.17, 15) is 9.59 Å². The summed E-state index contributed by atoms with van der Waals surface area (Å²) in [7, 11) is 0. The molecule has 0 fully saturated rings. The molecule has 1 aromatic carbocycles. The monoisotopic (exact) mass is 343 g/mol. The summed E-state index contributed by atoms with van der Waals surface area (Å²) >= 11 is 1.16. The largest absolute Gasteiger partial charge is 0.454 e. The number of anilines is 2. The van der Waals surface area contributed by atoms with Crippen LogP contribution < -0.4 is 26.1 Å². The third kappa shape index (κ3) is 2.28. The number of pyridine rings is 1. The van der Waals surface area contributed by atoms with Crippen molar-refractivity contribution in [3.8, 4) is 11.5 Å². The highest BCUT2D eigenvalue weighted by molar-refractivity contribution is 7.21. The van der Waals surface area contributed by atoms with Crippen molar-refractivity contribution >= 4 is 38.8 Å². The molecule has 0 unspecified atom stereocenters. The van der Waals surface area contributed by atoms with E-state index in [0.29, 0.717) is 38.0 Å². The van der Waals surface area contributed by atoms with Crippen LogP contribution in [0.5, 0.6) is 11.5 Å². The third-order valence-electron chi connectivity index (χ3n) is 3.76. The highest BCUT2D eigenvalue weighted by Gasteiger charge is 2.20. The summed E-state index contributed by atoms with van der Waals surface area (Å²) in [5.41, 5.74) is 7.58. The molecule has 4 rings (SSSR count). The first-order valence-electron chi connectivity index (χ1n) is 7.16. The van der Waals surface area contributed by atoms with Gasteiger partial charge in [-0.3, -0.25) is 9.59 Å². The van der Waals surface area contributed by atoms with E-state index in [1.807, 2.05) is 0 Å². The number of rotatable bonds is 2. The second kappa shape index (κ2) is 5.27. The van der Waals surface area contributed by atoms with Crippen LogP contribution in [0.3, 0.4) is 0 Å². The average Bonchev–Trinajstić information content (AvgIpc) is 3.11. The first-order chi connectivity index (χ1) is 11.5. The Morgan fingerprint density at radius 1 is 1.29 bits per heavy atom. The minimum atomic E-state index is -0.340. The van der Waals surface area contributed by atoms with Gasteiger partial charge in [-0.15, -0.1) is 11.3 Å². The highest BCUT2D eigenvalue weighted by atomic mass is 32.1. The summed E-state index contributed by atoms with van der Waals surface area (Å²) in [5.74, 6) is 0.882. The number of aryl methyl sites for hydroxylation is 1. The Kier molecular flexibility index (Phi) is 3.20. The fourth-order valence-corrected chi connectivity index (χ4v) is 3.76. The van der Waals surface area contributed by atoms with Crippen LogP contribution in [-0.2, 0) is 0 Å². The maximum absolute atomic E-state index is 12.6. The van der Waals surface area contributed by atoms with Crippen LogP contribution in [0, 0.1) is 6.92 Å². The Labute approximate surface area is 140 Å². The molecule has 1 aliphatic rings. The molecular weight excluding hydrogens is 330 g/mol. The first kappa shape index (κ1) is 14.6. The van der Waals surface area contributed by atoms with Gasteiger partial charge in [-0.05, 0) is 24.6 Å². The molecule has 0 saturated heterocycles. The smallest absolute Gasteiger partial charge is 0.267 e. The molecule has 2 aromatic heterocycles. The van der Waals surface area contributed by atoms with Crippen molar-refractivity contribution in [1.82, 2.24) is 4.98 Å². The number of hydrogen-bond acceptors (Lipinski definition) is 6. The summed E-state index contributed by atoms with van der Waals surface area (Å²) in [5, 5.41) is 3.49. The van der Waals surface area contributed by atoms with Gasteiger partial charge in [-0.2, -0.15) is 0 Å². The molecule has 1 aliphatic heterocycles. The second-order valence-corrected chi connectivity index (χ2v) is 6.41. The quantitative estimate of drug-likeness (QED) is 0.663. The van der Waals surface area contributed by atoms with E-state index in [1.165, 1.54) is 6.07 Å². The predicted octanol–water partition coefficient (Wildman–Crippen LogP) is 2.46. The number of fused-ring (bicyclic) bond motifs is 2. The molecule has 24 heavy (non-hydrogen) atoms. The van der Waals surface area contributed by atoms with E-state index in [0.717, 1.165) is 16.9 Å². The summed E-state index contributed by atoms with van der Waals surface area (Å²) < 4.78 is 10.5. The number of thiophene rings is 1. The molecule has 0 atom stereocenters. The van der Waals surface area contributed by atoms with Gasteiger partial charge >= 0.3 is 0 Å². The van der Waals surface area contributed by atoms with Crippen molar-refractivity contribution < 1.29 is 14.3 Å². The number of nitrogens with one attached hydrogen (secondary N) is 2. The van der Waals surface area contributed by atoms with Gasteiger partial charge in [0, 0.05) is 23.2 Å². The molecule has 0 bridgehead atoms. The fraction of sp³-hybridized carbons (Fsp3) is 0.125. The lowest BCUT2D eigenvalue weighted by Crippen LogP contribution is -2.11. The van der Waals surface area contributed by atoms with Crippen LogP contribution in [0.25, 0.3) is 10.2 Å². The number of carbonyl (C=O) groups is 1. The topological polar surface area (TPSA) is 106 Å². The lowest BCUT2D eigenvalue weighted by molar-refractivity contribution is 0.103. The van der Waals surface area contributed by atoms with Crippen molar-refractivity contribution in [2.75, 3.05) is 17.8 Å². The summed E-state index contributed by atoms with van der Waals surface area (Å²) in [6.45, 7) is 1.96. The molecule has 1 amide bonds. The van der Waals surface area contributed by atoms with Gasteiger partial charge in [-0.25, -0.2) is 0 Å². The van der Waals surface area contributed by atoms with Gasteiger partial charge in [-0.1, -0.05) is 0 Å². The van der Waals surface area contributed by atoms with Crippen molar-refractivity contribution in [2.24, 2.45) is 0 Å². The summed E-state index contributed by atoms with van der Waals surface area (Å²) in [4.78, 5) is 27.8. The number of aromatic nitrogens is 1. The van der Waals surface area contributed by atoms with Crippen LogP contribution in [0.1, 0.15) is 15.2 Å². The molecule has 122 valence electrons. The standard InChI is InChI=1S/C16H13N3O4S/c1-7-4-11(20)19-16-12(7)13(17)14(24-16)15(21)18-8-2-3-9-10(5-8)23-6-22-9/h2-5H,6,17H2,1H3,(H,18,21)(H,19,20). The summed E-state index contributed by atoms with van der Waals surface area (Å²) in [6, 6.07) is 6.61. The van der Waals surface area contributed by atoms with Gasteiger partial charge < -0.3 is 25.5 Å². The number of H-pyrrole nitrogens is 1. The number of carbonyl (C=O) groups excluding carboxylic acids is 1. The normalized spacial score (nSPS) is 12.5. The average molecular weight is 343 g/mol. The molecule has 8 heteroatoms. The molecular formula is C16H13N3O4S. The van der Waals surface area contributed by atoms with E-state index in [1.54, 1.807) is 25.1 Å². The van der Waals surface area contributed by atoms with E-state index >= 15 is 0 Å². The molecule has 3 aromatic rings. The highest BCUT2D eigenvalue weighted by Crippen LogP contribution is 2.36. The van der Waals surface area contributed by atoms with Crippen molar-refractivity contribution in [3.05, 3.63) is 45.1 Å². The lowest BCUT2D eigenvalue weighted by atomic mass is 10.1. The number of amides is 1. The number of ether oxygens (including phenoxy) is 2. The van der Waals surface area contributed by atoms with Crippen LogP contribution >= 0.6 is 11.3 Å². The molecule has 0 saturated carbocycles. The molecule has 3 heterocycles. The van der Waals surface area contributed by atoms with Crippen LogP contribution in [0.2, 0.25) is 0 Å². The SMILES string of the molecule is Cc1cc(=O)[nH]c2sc(C(=O)Nc3ccc4c(c3)OCO4)c(N)c12. The predicted molar refractivity (Wildman–Crippen MR) is 92.1 cm³/mol. The Morgan fingerprint density at radius 2 is 2.08 bits per heavy atom. The zero-order valence-corrected chi connectivity index (χ0v) is 13.5. The van der Waals surface area contributed by atoms with Gasteiger partial charge in [0.05, 0.1) is 5.69 Å². The Hall–Kier alpha value is -3.00. The molecule has 0 radical (unpaired) electrons. The van der Waals surface area contributed by atoms with E-state index in [-0.39, 0.29) is 18.3 Å². The van der Waals surface area contributed by atoms with E-state index in [4.69, 9.17) is 15.2 Å². The van der Waals surface area contributed by atoms with Crippen LogP contribution in [0.15, 0.2) is 29.1 Å². The third-order valence-corrected chi connectivity index (χ3v) is 4.88. The number of nitrogens with two attached hydrogens (primary N) is 1.